The van der Waals surface area contributed by atoms with Gasteiger partial charge in [0.25, 0.3) is 0 Å². The lowest BCUT2D eigenvalue weighted by Gasteiger charge is -2.07. The molecule has 0 aliphatic rings. The average molecular weight is 287 g/mol. The molecular formula is C14H13N3O2S. The fraction of sp³-hybridized carbons (Fsp3) is 0.0714. The summed E-state index contributed by atoms with van der Waals surface area (Å²) in [7, 11) is 0. The van der Waals surface area contributed by atoms with E-state index in [2.05, 4.69) is 4.98 Å². The van der Waals surface area contributed by atoms with Gasteiger partial charge in [-0.15, -0.1) is 0 Å². The molecule has 0 spiro atoms. The number of nitrogens with two attached hydrogens (primary N) is 2. The van der Waals surface area contributed by atoms with Crippen molar-refractivity contribution >= 4 is 23.1 Å². The Bertz CT molecular complexity index is 641. The third kappa shape index (κ3) is 3.52. The van der Waals surface area contributed by atoms with Crippen molar-refractivity contribution < 1.29 is 9.53 Å². The summed E-state index contributed by atoms with van der Waals surface area (Å²) >= 11 is 4.87. The Labute approximate surface area is 121 Å². The van der Waals surface area contributed by atoms with Crippen LogP contribution in [-0.2, 0) is 6.61 Å². The smallest absolute Gasteiger partial charge is 0.248 e. The summed E-state index contributed by atoms with van der Waals surface area (Å²) in [5.74, 6) is 0.176. The second-order valence-electron chi connectivity index (χ2n) is 4.09. The number of nitrogens with zero attached hydrogens (tertiary/aromatic N) is 1. The molecule has 0 saturated heterocycles. The van der Waals surface area contributed by atoms with Crippen LogP contribution in [0.5, 0.6) is 5.75 Å². The summed E-state index contributed by atoms with van der Waals surface area (Å²) in [6.45, 7) is 0.355. The Balaban J connectivity index is 2.03. The molecule has 0 aliphatic carbocycles. The first-order chi connectivity index (χ1) is 9.56. The fourth-order valence-corrected chi connectivity index (χ4v) is 1.69. The molecule has 0 saturated carbocycles. The monoisotopic (exact) mass is 287 g/mol. The van der Waals surface area contributed by atoms with Gasteiger partial charge in [-0.3, -0.25) is 9.78 Å². The van der Waals surface area contributed by atoms with Crippen LogP contribution in [0.1, 0.15) is 21.6 Å². The molecule has 2 aromatic rings. The van der Waals surface area contributed by atoms with Crippen LogP contribution in [0, 0.1) is 0 Å². The molecule has 1 aromatic carbocycles. The highest BCUT2D eigenvalue weighted by Gasteiger charge is 2.03. The number of amides is 1. The van der Waals surface area contributed by atoms with Gasteiger partial charge >= 0.3 is 0 Å². The third-order valence-corrected chi connectivity index (χ3v) is 2.83. The lowest BCUT2D eigenvalue weighted by molar-refractivity contribution is 0.100. The Morgan fingerprint density at radius 1 is 1.20 bits per heavy atom. The maximum atomic E-state index is 10.9. The first-order valence-electron chi connectivity index (χ1n) is 5.83. The molecule has 6 heteroatoms. The van der Waals surface area contributed by atoms with Crippen LogP contribution < -0.4 is 16.2 Å². The van der Waals surface area contributed by atoms with Crippen LogP contribution in [0.4, 0.5) is 0 Å². The number of benzene rings is 1. The topological polar surface area (TPSA) is 91.2 Å². The molecule has 4 N–H and O–H groups in total. The van der Waals surface area contributed by atoms with Crippen molar-refractivity contribution in [3.63, 3.8) is 0 Å². The number of rotatable bonds is 5. The van der Waals surface area contributed by atoms with Gasteiger partial charge in [0.05, 0.1) is 5.69 Å². The van der Waals surface area contributed by atoms with Gasteiger partial charge in [-0.1, -0.05) is 12.2 Å². The summed E-state index contributed by atoms with van der Waals surface area (Å²) in [5, 5.41) is 0. The molecule has 0 radical (unpaired) electrons. The Kier molecular flexibility index (Phi) is 4.27. The van der Waals surface area contributed by atoms with Crippen LogP contribution >= 0.6 is 12.2 Å². The van der Waals surface area contributed by atoms with Crippen molar-refractivity contribution in [1.82, 2.24) is 4.98 Å². The number of pyridine rings is 1. The van der Waals surface area contributed by atoms with E-state index in [9.17, 15) is 4.79 Å². The van der Waals surface area contributed by atoms with Crippen LogP contribution in [0.15, 0.2) is 42.6 Å². The van der Waals surface area contributed by atoms with E-state index in [-0.39, 0.29) is 4.99 Å². The highest BCUT2D eigenvalue weighted by Crippen LogP contribution is 2.14. The molecule has 1 amide bonds. The average Bonchev–Trinajstić information content (AvgIpc) is 2.46. The van der Waals surface area contributed by atoms with Gasteiger partial charge in [-0.05, 0) is 42.0 Å². The molecule has 102 valence electrons. The number of thiocarbonyl (C=S) groups is 1. The molecule has 2 rings (SSSR count). The number of aromatic nitrogens is 1. The van der Waals surface area contributed by atoms with Gasteiger partial charge in [0, 0.05) is 11.8 Å². The van der Waals surface area contributed by atoms with Gasteiger partial charge in [0.15, 0.2) is 0 Å². The summed E-state index contributed by atoms with van der Waals surface area (Å²) in [4.78, 5) is 15.2. The number of primary amides is 1. The molecule has 1 heterocycles. The summed E-state index contributed by atoms with van der Waals surface area (Å²) in [5.41, 5.74) is 12.6. The van der Waals surface area contributed by atoms with Crippen molar-refractivity contribution in [2.45, 2.75) is 6.61 Å². The second-order valence-corrected chi connectivity index (χ2v) is 4.53. The highest BCUT2D eigenvalue weighted by atomic mass is 32.1. The summed E-state index contributed by atoms with van der Waals surface area (Å²) in [6, 6.07) is 10.2. The molecule has 0 fully saturated rings. The zero-order chi connectivity index (χ0) is 14.5. The number of ether oxygens (including phenoxy) is 1. The molecule has 0 atom stereocenters. The van der Waals surface area contributed by atoms with E-state index in [0.29, 0.717) is 23.6 Å². The van der Waals surface area contributed by atoms with E-state index in [1.54, 1.807) is 36.5 Å². The van der Waals surface area contributed by atoms with Gasteiger partial charge in [0.2, 0.25) is 5.91 Å². The molecule has 1 aromatic heterocycles. The summed E-state index contributed by atoms with van der Waals surface area (Å²) < 4.78 is 5.60. The fourth-order valence-electron chi connectivity index (χ4n) is 1.58. The van der Waals surface area contributed by atoms with Gasteiger partial charge < -0.3 is 16.2 Å². The Hall–Kier alpha value is -2.47. The van der Waals surface area contributed by atoms with Gasteiger partial charge in [0.1, 0.15) is 17.3 Å². The van der Waals surface area contributed by atoms with Crippen LogP contribution in [0.3, 0.4) is 0 Å². The van der Waals surface area contributed by atoms with Crippen molar-refractivity contribution in [3.8, 4) is 5.75 Å². The van der Waals surface area contributed by atoms with Gasteiger partial charge in [-0.2, -0.15) is 0 Å². The Morgan fingerprint density at radius 2 is 1.90 bits per heavy atom. The second kappa shape index (κ2) is 6.12. The zero-order valence-corrected chi connectivity index (χ0v) is 11.4. The minimum absolute atomic E-state index is 0.248. The van der Waals surface area contributed by atoms with E-state index in [0.717, 1.165) is 5.56 Å². The summed E-state index contributed by atoms with van der Waals surface area (Å²) in [6.07, 6.45) is 1.63. The Morgan fingerprint density at radius 3 is 2.50 bits per heavy atom. The number of hydrogen-bond acceptors (Lipinski definition) is 4. The van der Waals surface area contributed by atoms with Crippen molar-refractivity contribution in [1.29, 1.82) is 0 Å². The van der Waals surface area contributed by atoms with E-state index < -0.39 is 5.91 Å². The van der Waals surface area contributed by atoms with Crippen LogP contribution in [0.2, 0.25) is 0 Å². The molecule has 5 nitrogen and oxygen atoms in total. The number of carbonyl (C=O) groups excluding carboxylic acids is 1. The standard InChI is InChI=1S/C14H13N3O2S/c15-13(18)10-1-3-11(4-2-10)19-8-9-5-6-17-12(7-9)14(16)20/h1-7H,8H2,(H2,15,18)(H2,16,20). The molecule has 20 heavy (non-hydrogen) atoms. The molecule has 0 bridgehead atoms. The van der Waals surface area contributed by atoms with E-state index in [1.165, 1.54) is 0 Å². The third-order valence-electron chi connectivity index (χ3n) is 2.62. The van der Waals surface area contributed by atoms with Crippen LogP contribution in [0.25, 0.3) is 0 Å². The van der Waals surface area contributed by atoms with E-state index in [1.807, 2.05) is 6.07 Å². The maximum Gasteiger partial charge on any atom is 0.248 e. The van der Waals surface area contributed by atoms with Crippen LogP contribution in [-0.4, -0.2) is 15.9 Å². The minimum Gasteiger partial charge on any atom is -0.489 e. The maximum absolute atomic E-state index is 10.9. The van der Waals surface area contributed by atoms with E-state index >= 15 is 0 Å². The number of hydrogen-bond donors (Lipinski definition) is 2. The zero-order valence-electron chi connectivity index (χ0n) is 10.6. The van der Waals surface area contributed by atoms with Crippen molar-refractivity contribution in [2.24, 2.45) is 11.5 Å². The normalized spacial score (nSPS) is 10.0. The lowest BCUT2D eigenvalue weighted by Crippen LogP contribution is -2.12. The first kappa shape index (κ1) is 14.0. The predicted molar refractivity (Wildman–Crippen MR) is 79.4 cm³/mol. The highest BCUT2D eigenvalue weighted by molar-refractivity contribution is 7.80. The number of carbonyl (C=O) groups is 1. The van der Waals surface area contributed by atoms with Crippen molar-refractivity contribution in [3.05, 3.63) is 59.4 Å². The van der Waals surface area contributed by atoms with Gasteiger partial charge in [-0.25, -0.2) is 0 Å². The minimum atomic E-state index is -0.466. The predicted octanol–water partition coefficient (Wildman–Crippen LogP) is 1.39. The largest absolute Gasteiger partial charge is 0.489 e. The molecule has 0 unspecified atom stereocenters. The first-order valence-corrected chi connectivity index (χ1v) is 6.24. The SMILES string of the molecule is NC(=O)c1ccc(OCc2ccnc(C(N)=S)c2)cc1. The van der Waals surface area contributed by atoms with E-state index in [4.69, 9.17) is 28.4 Å². The molecular weight excluding hydrogens is 274 g/mol. The lowest BCUT2D eigenvalue weighted by atomic mass is 10.2. The van der Waals surface area contributed by atoms with Crippen molar-refractivity contribution in [2.75, 3.05) is 0 Å². The quantitative estimate of drug-likeness (QED) is 0.811. The molecule has 0 aliphatic heterocycles.